The number of nitrogens with one attached hydrogen (secondary N) is 2. The van der Waals surface area contributed by atoms with Crippen molar-refractivity contribution in [2.45, 2.75) is 11.8 Å². The zero-order valence-electron chi connectivity index (χ0n) is 20.0. The van der Waals surface area contributed by atoms with Crippen molar-refractivity contribution in [1.29, 1.82) is 0 Å². The molecule has 194 valence electrons. The predicted octanol–water partition coefficient (Wildman–Crippen LogP) is 4.34. The van der Waals surface area contributed by atoms with Crippen LogP contribution in [0.4, 0.5) is 24.5 Å². The van der Waals surface area contributed by atoms with Crippen LogP contribution in [0.1, 0.15) is 5.56 Å². The maximum absolute atomic E-state index is 14.0. The molecule has 0 saturated carbocycles. The van der Waals surface area contributed by atoms with Crippen LogP contribution >= 0.6 is 0 Å². The van der Waals surface area contributed by atoms with E-state index in [9.17, 15) is 13.2 Å². The van der Waals surface area contributed by atoms with Crippen LogP contribution in [0.2, 0.25) is 0 Å². The number of halogens is 3. The van der Waals surface area contributed by atoms with E-state index in [1.165, 1.54) is 25.6 Å². The number of aromatic nitrogens is 1. The molecular formula is C26H26F3N5O3. The number of oxazole rings is 1. The van der Waals surface area contributed by atoms with E-state index < -0.39 is 17.4 Å². The number of anilines is 2. The summed E-state index contributed by atoms with van der Waals surface area (Å²) in [6.45, 7) is 2.68. The van der Waals surface area contributed by atoms with Crippen LogP contribution in [0, 0.1) is 0 Å². The number of hydrogen-bond donors (Lipinski definition) is 3. The van der Waals surface area contributed by atoms with E-state index in [2.05, 4.69) is 20.5 Å². The van der Waals surface area contributed by atoms with Gasteiger partial charge in [0.15, 0.2) is 0 Å². The van der Waals surface area contributed by atoms with Gasteiger partial charge >= 0.3 is 6.18 Å². The van der Waals surface area contributed by atoms with Crippen LogP contribution in [0.25, 0.3) is 11.5 Å². The Morgan fingerprint density at radius 1 is 1.16 bits per heavy atom. The number of alkyl halides is 3. The zero-order chi connectivity index (χ0) is 26.0. The Morgan fingerprint density at radius 3 is 2.65 bits per heavy atom. The van der Waals surface area contributed by atoms with Gasteiger partial charge in [0.2, 0.25) is 5.89 Å². The maximum atomic E-state index is 14.0. The number of methoxy groups -OCH3 is 1. The number of rotatable bonds is 6. The summed E-state index contributed by atoms with van der Waals surface area (Å²) in [6.07, 6.45) is 0.415. The second-order valence-electron chi connectivity index (χ2n) is 8.62. The van der Waals surface area contributed by atoms with Gasteiger partial charge in [-0.15, -0.1) is 0 Å². The fourth-order valence-electron chi connectivity index (χ4n) is 4.43. The molecule has 1 fully saturated rings. The Kier molecular flexibility index (Phi) is 6.57. The minimum absolute atomic E-state index is 0.216. The third-order valence-corrected chi connectivity index (χ3v) is 6.29. The standard InChI is InChI=1S/C26H26F3N5O3/c1-35-23-14-17(34-9-12-36-13-10-34)6-7-19(23)25(30)15-22(20(16-32-25)26(27,28)29)33-21-5-3-2-4-18(21)24-31-8-11-37-24/h2-8,11,14-16,32-33H,9-10,12-13,30H2,1H3. The normalized spacial score (nSPS) is 20.1. The minimum atomic E-state index is -4.64. The molecular weight excluding hydrogens is 487 g/mol. The molecule has 2 aliphatic heterocycles. The van der Waals surface area contributed by atoms with E-state index >= 15 is 0 Å². The summed E-state index contributed by atoms with van der Waals surface area (Å²) in [5, 5.41) is 5.64. The molecule has 8 nitrogen and oxygen atoms in total. The number of allylic oxidation sites excluding steroid dienone is 1. The first kappa shape index (κ1) is 24.7. The van der Waals surface area contributed by atoms with Gasteiger partial charge in [0.05, 0.1) is 49.0 Å². The summed E-state index contributed by atoms with van der Waals surface area (Å²) >= 11 is 0. The molecule has 11 heteroatoms. The Labute approximate surface area is 211 Å². The molecule has 0 spiro atoms. The summed E-state index contributed by atoms with van der Waals surface area (Å²) in [7, 11) is 1.50. The lowest BCUT2D eigenvalue weighted by molar-refractivity contribution is -0.0900. The van der Waals surface area contributed by atoms with E-state index in [1.807, 2.05) is 12.1 Å². The molecule has 1 saturated heterocycles. The van der Waals surface area contributed by atoms with Crippen molar-refractivity contribution in [2.75, 3.05) is 43.6 Å². The molecule has 1 unspecified atom stereocenters. The highest BCUT2D eigenvalue weighted by Gasteiger charge is 2.42. The fourth-order valence-corrected chi connectivity index (χ4v) is 4.43. The van der Waals surface area contributed by atoms with E-state index in [0.717, 1.165) is 25.0 Å². The number of ether oxygens (including phenoxy) is 2. The molecule has 0 bridgehead atoms. The SMILES string of the molecule is COc1cc(N2CCOCC2)ccc1C1(N)C=C(Nc2ccccc2-c2ncco2)C(C(F)(F)F)=CN1. The highest BCUT2D eigenvalue weighted by atomic mass is 19.4. The Bertz CT molecular complexity index is 1320. The van der Waals surface area contributed by atoms with Crippen LogP contribution in [0.5, 0.6) is 5.75 Å². The Morgan fingerprint density at radius 2 is 1.95 bits per heavy atom. The van der Waals surface area contributed by atoms with E-state index in [0.29, 0.717) is 35.8 Å². The molecule has 2 aromatic carbocycles. The Hall–Kier alpha value is -3.96. The molecule has 0 amide bonds. The maximum Gasteiger partial charge on any atom is 0.419 e. The van der Waals surface area contributed by atoms with Crippen molar-refractivity contribution in [1.82, 2.24) is 10.3 Å². The number of nitrogens with two attached hydrogens (primary N) is 1. The summed E-state index contributed by atoms with van der Waals surface area (Å²) in [4.78, 5) is 6.28. The molecule has 4 N–H and O–H groups in total. The number of dihydropyridines is 1. The quantitative estimate of drug-likeness (QED) is 0.448. The summed E-state index contributed by atoms with van der Waals surface area (Å²) in [5.41, 5.74) is 6.34. The molecule has 3 heterocycles. The van der Waals surface area contributed by atoms with Crippen molar-refractivity contribution in [3.8, 4) is 17.2 Å². The fraction of sp³-hybridized carbons (Fsp3) is 0.269. The van der Waals surface area contributed by atoms with Gasteiger partial charge in [0, 0.05) is 36.6 Å². The van der Waals surface area contributed by atoms with Gasteiger partial charge in [-0.2, -0.15) is 13.2 Å². The third kappa shape index (κ3) is 5.00. The van der Waals surface area contributed by atoms with Crippen molar-refractivity contribution in [3.05, 3.63) is 84.0 Å². The first-order valence-corrected chi connectivity index (χ1v) is 11.6. The van der Waals surface area contributed by atoms with Gasteiger partial charge < -0.3 is 35.2 Å². The molecule has 2 aliphatic rings. The van der Waals surface area contributed by atoms with E-state index in [1.54, 1.807) is 30.3 Å². The average Bonchev–Trinajstić information content (AvgIpc) is 3.43. The van der Waals surface area contributed by atoms with Crippen LogP contribution < -0.4 is 26.0 Å². The highest BCUT2D eigenvalue weighted by Crippen LogP contribution is 2.40. The lowest BCUT2D eigenvalue weighted by Gasteiger charge is -2.35. The average molecular weight is 514 g/mol. The van der Waals surface area contributed by atoms with E-state index in [-0.39, 0.29) is 11.6 Å². The molecule has 1 aromatic heterocycles. The lowest BCUT2D eigenvalue weighted by Crippen LogP contribution is -2.50. The second-order valence-corrected chi connectivity index (χ2v) is 8.62. The zero-order valence-corrected chi connectivity index (χ0v) is 20.0. The first-order chi connectivity index (χ1) is 17.8. The summed E-state index contributed by atoms with van der Waals surface area (Å²) < 4.78 is 58.5. The van der Waals surface area contributed by atoms with Crippen molar-refractivity contribution >= 4 is 11.4 Å². The summed E-state index contributed by atoms with van der Waals surface area (Å²) in [5.74, 6) is 0.716. The highest BCUT2D eigenvalue weighted by molar-refractivity contribution is 5.75. The molecule has 0 radical (unpaired) electrons. The smallest absolute Gasteiger partial charge is 0.419 e. The largest absolute Gasteiger partial charge is 0.496 e. The van der Waals surface area contributed by atoms with Gasteiger partial charge in [-0.1, -0.05) is 12.1 Å². The minimum Gasteiger partial charge on any atom is -0.496 e. The molecule has 37 heavy (non-hydrogen) atoms. The number of para-hydroxylation sites is 1. The number of benzene rings is 2. The predicted molar refractivity (Wildman–Crippen MR) is 133 cm³/mol. The van der Waals surface area contributed by atoms with Crippen molar-refractivity contribution in [3.63, 3.8) is 0 Å². The molecule has 0 aliphatic carbocycles. The molecule has 1 atom stereocenters. The van der Waals surface area contributed by atoms with Crippen LogP contribution in [0.3, 0.4) is 0 Å². The van der Waals surface area contributed by atoms with Crippen LogP contribution in [-0.2, 0) is 10.4 Å². The monoisotopic (exact) mass is 513 g/mol. The summed E-state index contributed by atoms with van der Waals surface area (Å²) in [6, 6.07) is 12.3. The van der Waals surface area contributed by atoms with Gasteiger partial charge in [-0.05, 0) is 30.3 Å². The number of hydrogen-bond acceptors (Lipinski definition) is 8. The van der Waals surface area contributed by atoms with Gasteiger partial charge in [0.1, 0.15) is 17.7 Å². The molecule has 5 rings (SSSR count). The van der Waals surface area contributed by atoms with Crippen molar-refractivity contribution in [2.24, 2.45) is 5.73 Å². The number of morpholine rings is 1. The van der Waals surface area contributed by atoms with Crippen LogP contribution in [0.15, 0.2) is 82.9 Å². The van der Waals surface area contributed by atoms with Gasteiger partial charge in [-0.3, -0.25) is 0 Å². The topological polar surface area (TPSA) is 97.8 Å². The lowest BCUT2D eigenvalue weighted by atomic mass is 9.93. The van der Waals surface area contributed by atoms with Crippen LogP contribution in [-0.4, -0.2) is 44.6 Å². The molecule has 3 aromatic rings. The van der Waals surface area contributed by atoms with Gasteiger partial charge in [-0.25, -0.2) is 4.98 Å². The Balaban J connectivity index is 1.54. The van der Waals surface area contributed by atoms with E-state index in [4.69, 9.17) is 19.6 Å². The first-order valence-electron chi connectivity index (χ1n) is 11.6. The van der Waals surface area contributed by atoms with Gasteiger partial charge in [0.25, 0.3) is 0 Å². The number of nitrogens with zero attached hydrogens (tertiary/aromatic N) is 2. The van der Waals surface area contributed by atoms with Crippen molar-refractivity contribution < 1.29 is 27.1 Å². The second kappa shape index (κ2) is 9.83. The third-order valence-electron chi connectivity index (χ3n) is 6.29.